The average molecular weight is 566 g/mol. The van der Waals surface area contributed by atoms with Gasteiger partial charge in [-0.15, -0.1) is 0 Å². The molecule has 0 aliphatic carbocycles. The number of carbonyl (C=O) groups is 2. The zero-order valence-electron chi connectivity index (χ0n) is 21.5. The van der Waals surface area contributed by atoms with Gasteiger partial charge in [0.1, 0.15) is 17.8 Å². The third-order valence-electron chi connectivity index (χ3n) is 6.43. The number of esters is 1. The lowest BCUT2D eigenvalue weighted by Gasteiger charge is -2.30. The Morgan fingerprint density at radius 2 is 1.79 bits per heavy atom. The number of anilines is 1. The van der Waals surface area contributed by atoms with Crippen LogP contribution in [-0.4, -0.2) is 45.1 Å². The summed E-state index contributed by atoms with van der Waals surface area (Å²) in [4.78, 5) is 30.2. The van der Waals surface area contributed by atoms with Crippen LogP contribution in [0.1, 0.15) is 29.3 Å². The average Bonchev–Trinajstić information content (AvgIpc) is 3.29. The monoisotopic (exact) mass is 565 g/mol. The standard InChI is InChI=1S/C28H27N3O6S2/c1-3-37-25(32)18-30-26-23(36-2)11-6-12-24(26)38-28(30)29-27(33)20-13-15-21(16-14-20)39(34,35)31-17-7-9-19-8-4-5-10-22(19)31/h4-6,8,10-16H,3,7,9,17-18H2,1-2H3. The van der Waals surface area contributed by atoms with Crippen molar-refractivity contribution in [1.29, 1.82) is 0 Å². The van der Waals surface area contributed by atoms with Crippen LogP contribution in [0.15, 0.2) is 76.6 Å². The maximum atomic E-state index is 13.4. The zero-order valence-corrected chi connectivity index (χ0v) is 23.1. The van der Waals surface area contributed by atoms with E-state index in [0.717, 1.165) is 23.1 Å². The lowest BCUT2D eigenvalue weighted by molar-refractivity contribution is -0.143. The molecule has 1 aliphatic rings. The summed E-state index contributed by atoms with van der Waals surface area (Å²) in [5.74, 6) is -0.493. The zero-order chi connectivity index (χ0) is 27.6. The number of aromatic nitrogens is 1. The van der Waals surface area contributed by atoms with Gasteiger partial charge in [0.15, 0.2) is 4.80 Å². The number of ether oxygens (including phenoxy) is 2. The second kappa shape index (κ2) is 11.0. The molecule has 1 aliphatic heterocycles. The van der Waals surface area contributed by atoms with Crippen molar-refractivity contribution in [2.24, 2.45) is 4.99 Å². The molecule has 3 aromatic carbocycles. The van der Waals surface area contributed by atoms with E-state index in [1.807, 2.05) is 36.4 Å². The fourth-order valence-corrected chi connectivity index (χ4v) is 7.21. The van der Waals surface area contributed by atoms with Crippen molar-refractivity contribution in [2.75, 3.05) is 24.6 Å². The first-order chi connectivity index (χ1) is 18.8. The van der Waals surface area contributed by atoms with Crippen molar-refractivity contribution in [1.82, 2.24) is 4.57 Å². The van der Waals surface area contributed by atoms with Gasteiger partial charge in [-0.3, -0.25) is 13.9 Å². The van der Waals surface area contributed by atoms with Gasteiger partial charge in [-0.05, 0) is 67.8 Å². The molecule has 0 N–H and O–H groups in total. The van der Waals surface area contributed by atoms with E-state index < -0.39 is 21.9 Å². The van der Waals surface area contributed by atoms with E-state index in [-0.39, 0.29) is 23.6 Å². The lowest BCUT2D eigenvalue weighted by Crippen LogP contribution is -2.35. The van der Waals surface area contributed by atoms with Gasteiger partial charge in [0.05, 0.1) is 29.0 Å². The third kappa shape index (κ3) is 5.19. The smallest absolute Gasteiger partial charge is 0.326 e. The highest BCUT2D eigenvalue weighted by Crippen LogP contribution is 2.32. The number of carbonyl (C=O) groups excluding carboxylic acids is 2. The number of nitrogens with zero attached hydrogens (tertiary/aromatic N) is 3. The Morgan fingerprint density at radius 3 is 2.54 bits per heavy atom. The van der Waals surface area contributed by atoms with Crippen molar-refractivity contribution in [3.05, 3.63) is 82.7 Å². The number of sulfonamides is 1. The molecule has 202 valence electrons. The van der Waals surface area contributed by atoms with Crippen molar-refractivity contribution >= 4 is 49.1 Å². The summed E-state index contributed by atoms with van der Waals surface area (Å²) in [6.07, 6.45) is 1.56. The van der Waals surface area contributed by atoms with Crippen LogP contribution >= 0.6 is 11.3 Å². The van der Waals surface area contributed by atoms with Crippen LogP contribution in [0.2, 0.25) is 0 Å². The van der Waals surface area contributed by atoms with Gasteiger partial charge in [0.25, 0.3) is 15.9 Å². The first kappa shape index (κ1) is 26.6. The molecule has 4 aromatic rings. The second-order valence-electron chi connectivity index (χ2n) is 8.83. The summed E-state index contributed by atoms with van der Waals surface area (Å²) < 4.78 is 41.3. The number of thiazole rings is 1. The Hall–Kier alpha value is -3.96. The minimum atomic E-state index is -3.80. The Labute approximate surface area is 230 Å². The molecule has 9 nitrogen and oxygen atoms in total. The number of hydrogen-bond donors (Lipinski definition) is 0. The van der Waals surface area contributed by atoms with E-state index >= 15 is 0 Å². The van der Waals surface area contributed by atoms with Gasteiger partial charge < -0.3 is 14.0 Å². The summed E-state index contributed by atoms with van der Waals surface area (Å²) in [5.41, 5.74) is 2.53. The molecule has 39 heavy (non-hydrogen) atoms. The molecular weight excluding hydrogens is 538 g/mol. The van der Waals surface area contributed by atoms with Crippen LogP contribution < -0.4 is 13.8 Å². The second-order valence-corrected chi connectivity index (χ2v) is 11.7. The number of fused-ring (bicyclic) bond motifs is 2. The van der Waals surface area contributed by atoms with Gasteiger partial charge in [0, 0.05) is 12.1 Å². The molecule has 0 fully saturated rings. The summed E-state index contributed by atoms with van der Waals surface area (Å²) in [6, 6.07) is 18.7. The topological polar surface area (TPSA) is 107 Å². The van der Waals surface area contributed by atoms with Gasteiger partial charge in [-0.1, -0.05) is 35.6 Å². The lowest BCUT2D eigenvalue weighted by atomic mass is 10.0. The Bertz CT molecular complexity index is 1720. The maximum absolute atomic E-state index is 13.4. The normalized spacial score (nSPS) is 13.8. The number of rotatable bonds is 7. The Balaban J connectivity index is 1.48. The summed E-state index contributed by atoms with van der Waals surface area (Å²) >= 11 is 1.24. The number of hydrogen-bond acceptors (Lipinski definition) is 7. The van der Waals surface area contributed by atoms with Crippen LogP contribution in [0.3, 0.4) is 0 Å². The number of benzene rings is 3. The van der Waals surface area contributed by atoms with E-state index in [4.69, 9.17) is 9.47 Å². The fourth-order valence-electron chi connectivity index (χ4n) is 4.63. The van der Waals surface area contributed by atoms with Crippen molar-refractivity contribution in [2.45, 2.75) is 31.2 Å². The van der Waals surface area contributed by atoms with Crippen LogP contribution in [0.25, 0.3) is 10.2 Å². The van der Waals surface area contributed by atoms with E-state index in [1.165, 1.54) is 47.0 Å². The Morgan fingerprint density at radius 1 is 1.03 bits per heavy atom. The highest BCUT2D eigenvalue weighted by atomic mass is 32.2. The molecule has 0 saturated heterocycles. The van der Waals surface area contributed by atoms with E-state index in [9.17, 15) is 18.0 Å². The molecule has 0 radical (unpaired) electrons. The highest BCUT2D eigenvalue weighted by molar-refractivity contribution is 7.92. The van der Waals surface area contributed by atoms with Crippen molar-refractivity contribution in [3.63, 3.8) is 0 Å². The van der Waals surface area contributed by atoms with E-state index in [1.54, 1.807) is 17.6 Å². The number of amides is 1. The molecule has 5 rings (SSSR count). The molecule has 1 aromatic heterocycles. The Kier molecular flexibility index (Phi) is 7.53. The van der Waals surface area contributed by atoms with Crippen LogP contribution in [-0.2, 0) is 32.5 Å². The molecule has 2 heterocycles. The predicted molar refractivity (Wildman–Crippen MR) is 149 cm³/mol. The summed E-state index contributed by atoms with van der Waals surface area (Å²) in [6.45, 7) is 2.19. The summed E-state index contributed by atoms with van der Waals surface area (Å²) in [5, 5.41) is 0. The molecular formula is C28H27N3O6S2. The fraction of sp³-hybridized carbons (Fsp3) is 0.250. The first-order valence-corrected chi connectivity index (χ1v) is 14.7. The number of methoxy groups -OCH3 is 1. The quantitative estimate of drug-likeness (QED) is 0.312. The molecule has 0 unspecified atom stereocenters. The van der Waals surface area contributed by atoms with Gasteiger partial charge >= 0.3 is 5.97 Å². The van der Waals surface area contributed by atoms with E-state index in [2.05, 4.69) is 4.99 Å². The maximum Gasteiger partial charge on any atom is 0.326 e. The molecule has 1 amide bonds. The van der Waals surface area contributed by atoms with Crippen LogP contribution in [0.4, 0.5) is 5.69 Å². The van der Waals surface area contributed by atoms with Crippen LogP contribution in [0.5, 0.6) is 5.75 Å². The molecule has 0 bridgehead atoms. The molecule has 0 spiro atoms. The van der Waals surface area contributed by atoms with Crippen molar-refractivity contribution in [3.8, 4) is 5.75 Å². The minimum Gasteiger partial charge on any atom is -0.495 e. The predicted octanol–water partition coefficient (Wildman–Crippen LogP) is 4.16. The first-order valence-electron chi connectivity index (χ1n) is 12.4. The summed E-state index contributed by atoms with van der Waals surface area (Å²) in [7, 11) is -2.27. The van der Waals surface area contributed by atoms with Crippen molar-refractivity contribution < 1.29 is 27.5 Å². The SMILES string of the molecule is CCOC(=O)Cn1c(=NC(=O)c2ccc(S(=O)(=O)N3CCCc4ccccc43)cc2)sc2cccc(OC)c21. The van der Waals surface area contributed by atoms with Gasteiger partial charge in [-0.25, -0.2) is 8.42 Å². The van der Waals surface area contributed by atoms with Gasteiger partial charge in [0.2, 0.25) is 0 Å². The highest BCUT2D eigenvalue weighted by Gasteiger charge is 2.29. The number of para-hydroxylation sites is 2. The van der Waals surface area contributed by atoms with Gasteiger partial charge in [-0.2, -0.15) is 4.99 Å². The van der Waals surface area contributed by atoms with Crippen LogP contribution in [0, 0.1) is 0 Å². The molecule has 0 atom stereocenters. The van der Waals surface area contributed by atoms with E-state index in [0.29, 0.717) is 28.3 Å². The minimum absolute atomic E-state index is 0.0970. The molecule has 11 heteroatoms. The largest absolute Gasteiger partial charge is 0.495 e. The number of aryl methyl sites for hydroxylation is 1. The third-order valence-corrected chi connectivity index (χ3v) is 9.30. The molecule has 0 saturated carbocycles.